The third kappa shape index (κ3) is 1.75. The number of methoxy groups -OCH3 is 1. The van der Waals surface area contributed by atoms with Crippen LogP contribution in [0.4, 0.5) is 0 Å². The van der Waals surface area contributed by atoms with Crippen molar-refractivity contribution >= 4 is 17.0 Å². The van der Waals surface area contributed by atoms with Gasteiger partial charge < -0.3 is 4.74 Å². The molecular formula is C6H9NOS. The maximum absolute atomic E-state index is 4.91. The maximum Gasteiger partial charge on any atom is 0.250 e. The van der Waals surface area contributed by atoms with Crippen LogP contribution in [0.15, 0.2) is 16.8 Å². The van der Waals surface area contributed by atoms with Crippen molar-refractivity contribution in [2.24, 2.45) is 4.99 Å². The normalized spacial score (nSPS) is 18.4. The van der Waals surface area contributed by atoms with E-state index in [0.29, 0.717) is 0 Å². The standard InChI is InChI=1S/C6H9NOS/c1-5-3-7-6(8-2)9-4-5/h3H,4H2,1-2H3. The summed E-state index contributed by atoms with van der Waals surface area (Å²) in [7, 11) is 1.64. The second-order valence-electron chi connectivity index (χ2n) is 1.86. The average molecular weight is 143 g/mol. The van der Waals surface area contributed by atoms with Gasteiger partial charge in [0.1, 0.15) is 0 Å². The summed E-state index contributed by atoms with van der Waals surface area (Å²) in [5.41, 5.74) is 1.29. The summed E-state index contributed by atoms with van der Waals surface area (Å²) < 4.78 is 4.91. The molecule has 2 nitrogen and oxygen atoms in total. The van der Waals surface area contributed by atoms with Crippen LogP contribution in [0.5, 0.6) is 0 Å². The molecule has 9 heavy (non-hydrogen) atoms. The van der Waals surface area contributed by atoms with Crippen molar-refractivity contribution in [1.82, 2.24) is 0 Å². The Morgan fingerprint density at radius 2 is 2.56 bits per heavy atom. The Morgan fingerprint density at radius 3 is 3.00 bits per heavy atom. The Morgan fingerprint density at radius 1 is 1.78 bits per heavy atom. The van der Waals surface area contributed by atoms with Crippen LogP contribution < -0.4 is 0 Å². The Balaban J connectivity index is 2.59. The topological polar surface area (TPSA) is 21.6 Å². The van der Waals surface area contributed by atoms with Crippen LogP contribution in [0.3, 0.4) is 0 Å². The molecule has 1 aliphatic rings. The molecule has 1 rings (SSSR count). The van der Waals surface area contributed by atoms with Crippen LogP contribution in [-0.4, -0.2) is 18.1 Å². The number of hydrogen-bond donors (Lipinski definition) is 0. The summed E-state index contributed by atoms with van der Waals surface area (Å²) in [6.45, 7) is 2.06. The molecule has 0 fully saturated rings. The molecule has 0 aromatic heterocycles. The van der Waals surface area contributed by atoms with E-state index < -0.39 is 0 Å². The van der Waals surface area contributed by atoms with Crippen LogP contribution in [0.25, 0.3) is 0 Å². The van der Waals surface area contributed by atoms with E-state index in [2.05, 4.69) is 11.9 Å². The Bertz CT molecular complexity index is 162. The molecule has 0 aromatic carbocycles. The Hall–Kier alpha value is -0.440. The lowest BCUT2D eigenvalue weighted by molar-refractivity contribution is 0.416. The molecule has 50 valence electrons. The van der Waals surface area contributed by atoms with Gasteiger partial charge in [-0.1, -0.05) is 11.8 Å². The molecule has 0 N–H and O–H groups in total. The third-order valence-electron chi connectivity index (χ3n) is 0.988. The first-order valence-electron chi connectivity index (χ1n) is 2.73. The number of thioether (sulfide) groups is 1. The number of ether oxygens (including phenoxy) is 1. The quantitative estimate of drug-likeness (QED) is 0.514. The van der Waals surface area contributed by atoms with Gasteiger partial charge in [-0.25, -0.2) is 4.99 Å². The summed E-state index contributed by atoms with van der Waals surface area (Å²) in [4.78, 5) is 4.02. The minimum atomic E-state index is 0.764. The van der Waals surface area contributed by atoms with E-state index in [-0.39, 0.29) is 0 Å². The van der Waals surface area contributed by atoms with Crippen molar-refractivity contribution in [2.75, 3.05) is 12.9 Å². The van der Waals surface area contributed by atoms with E-state index in [9.17, 15) is 0 Å². The van der Waals surface area contributed by atoms with Crippen LogP contribution >= 0.6 is 11.8 Å². The fraction of sp³-hybridized carbons (Fsp3) is 0.500. The average Bonchev–Trinajstić information content (AvgIpc) is 1.90. The van der Waals surface area contributed by atoms with Crippen LogP contribution in [-0.2, 0) is 4.74 Å². The third-order valence-corrected chi connectivity index (χ3v) is 2.11. The molecule has 0 bridgehead atoms. The van der Waals surface area contributed by atoms with Crippen LogP contribution in [0.2, 0.25) is 0 Å². The summed E-state index contributed by atoms with van der Waals surface area (Å²) in [6.07, 6.45) is 1.84. The predicted octanol–water partition coefficient (Wildman–Crippen LogP) is 1.64. The van der Waals surface area contributed by atoms with E-state index >= 15 is 0 Å². The largest absolute Gasteiger partial charge is 0.476 e. The van der Waals surface area contributed by atoms with Gasteiger partial charge in [-0.2, -0.15) is 0 Å². The number of rotatable bonds is 0. The monoisotopic (exact) mass is 143 g/mol. The molecule has 1 aliphatic heterocycles. The van der Waals surface area contributed by atoms with Crippen molar-refractivity contribution in [2.45, 2.75) is 6.92 Å². The predicted molar refractivity (Wildman–Crippen MR) is 40.7 cm³/mol. The highest BCUT2D eigenvalue weighted by molar-refractivity contribution is 8.13. The lowest BCUT2D eigenvalue weighted by Crippen LogP contribution is -2.00. The zero-order chi connectivity index (χ0) is 6.69. The zero-order valence-corrected chi connectivity index (χ0v) is 6.36. The SMILES string of the molecule is COC1=NC=C(C)CS1. The van der Waals surface area contributed by atoms with E-state index in [4.69, 9.17) is 4.74 Å². The van der Waals surface area contributed by atoms with Gasteiger partial charge in [0.05, 0.1) is 7.11 Å². The van der Waals surface area contributed by atoms with Crippen molar-refractivity contribution < 1.29 is 4.74 Å². The molecule has 0 radical (unpaired) electrons. The van der Waals surface area contributed by atoms with E-state index in [1.807, 2.05) is 6.20 Å². The van der Waals surface area contributed by atoms with Gasteiger partial charge in [-0.05, 0) is 12.5 Å². The van der Waals surface area contributed by atoms with Gasteiger partial charge in [0.15, 0.2) is 0 Å². The molecule has 0 aromatic rings. The minimum Gasteiger partial charge on any atom is -0.476 e. The second-order valence-corrected chi connectivity index (χ2v) is 2.79. The highest BCUT2D eigenvalue weighted by Crippen LogP contribution is 2.15. The van der Waals surface area contributed by atoms with Crippen molar-refractivity contribution in [3.8, 4) is 0 Å². The first-order chi connectivity index (χ1) is 4.33. The molecule has 0 aliphatic carbocycles. The molecule has 1 heterocycles. The Kier molecular flexibility index (Phi) is 2.16. The molecule has 0 spiro atoms. The van der Waals surface area contributed by atoms with Crippen molar-refractivity contribution in [3.63, 3.8) is 0 Å². The highest BCUT2D eigenvalue weighted by Gasteiger charge is 2.03. The van der Waals surface area contributed by atoms with Gasteiger partial charge in [0, 0.05) is 12.0 Å². The van der Waals surface area contributed by atoms with Crippen molar-refractivity contribution in [3.05, 3.63) is 11.8 Å². The molecule has 0 saturated heterocycles. The first-order valence-corrected chi connectivity index (χ1v) is 3.71. The molecule has 0 amide bonds. The van der Waals surface area contributed by atoms with Crippen molar-refractivity contribution in [1.29, 1.82) is 0 Å². The van der Waals surface area contributed by atoms with E-state index in [0.717, 1.165) is 11.0 Å². The zero-order valence-electron chi connectivity index (χ0n) is 5.55. The molecule has 0 atom stereocenters. The Labute approximate surface area is 59.0 Å². The summed E-state index contributed by atoms with van der Waals surface area (Å²) in [5.74, 6) is 1.01. The number of nitrogens with zero attached hydrogens (tertiary/aromatic N) is 1. The minimum absolute atomic E-state index is 0.764. The number of hydrogen-bond acceptors (Lipinski definition) is 3. The fourth-order valence-electron chi connectivity index (χ4n) is 0.525. The van der Waals surface area contributed by atoms with Gasteiger partial charge in [-0.15, -0.1) is 0 Å². The highest BCUT2D eigenvalue weighted by atomic mass is 32.2. The smallest absolute Gasteiger partial charge is 0.250 e. The van der Waals surface area contributed by atoms with Gasteiger partial charge in [0.2, 0.25) is 5.23 Å². The summed E-state index contributed by atoms with van der Waals surface area (Å²) in [5, 5.41) is 0.764. The van der Waals surface area contributed by atoms with Crippen LogP contribution in [0, 0.1) is 0 Å². The first kappa shape index (κ1) is 6.68. The fourth-order valence-corrected chi connectivity index (χ4v) is 1.20. The maximum atomic E-state index is 4.91. The van der Waals surface area contributed by atoms with Gasteiger partial charge in [-0.3, -0.25) is 0 Å². The molecule has 3 heteroatoms. The number of aliphatic imine (C=N–C) groups is 1. The van der Waals surface area contributed by atoms with Gasteiger partial charge >= 0.3 is 0 Å². The van der Waals surface area contributed by atoms with Gasteiger partial charge in [0.25, 0.3) is 0 Å². The summed E-state index contributed by atoms with van der Waals surface area (Å²) >= 11 is 1.63. The molecular weight excluding hydrogens is 134 g/mol. The van der Waals surface area contributed by atoms with E-state index in [1.54, 1.807) is 18.9 Å². The van der Waals surface area contributed by atoms with Crippen LogP contribution in [0.1, 0.15) is 6.92 Å². The molecule has 0 saturated carbocycles. The lowest BCUT2D eigenvalue weighted by atomic mass is 10.4. The second kappa shape index (κ2) is 2.92. The summed E-state index contributed by atoms with van der Waals surface area (Å²) in [6, 6.07) is 0. The molecule has 0 unspecified atom stereocenters. The van der Waals surface area contributed by atoms with E-state index in [1.165, 1.54) is 5.57 Å². The lowest BCUT2D eigenvalue weighted by Gasteiger charge is -2.07.